The Bertz CT molecular complexity index is 800. The van der Waals surface area contributed by atoms with E-state index in [2.05, 4.69) is 25.2 Å². The molecular formula is C18H24N6O3. The topological polar surface area (TPSA) is 92.7 Å². The van der Waals surface area contributed by atoms with Gasteiger partial charge in [-0.25, -0.2) is 9.97 Å². The lowest BCUT2D eigenvalue weighted by Crippen LogP contribution is -2.43. The minimum Gasteiger partial charge on any atom is -0.481 e. The van der Waals surface area contributed by atoms with Gasteiger partial charge in [-0.3, -0.25) is 4.79 Å². The summed E-state index contributed by atoms with van der Waals surface area (Å²) in [6.07, 6.45) is 3.14. The lowest BCUT2D eigenvalue weighted by molar-refractivity contribution is 0.0781. The van der Waals surface area contributed by atoms with Crippen LogP contribution in [0.25, 0.3) is 0 Å². The van der Waals surface area contributed by atoms with Crippen molar-refractivity contribution in [3.05, 3.63) is 36.2 Å². The van der Waals surface area contributed by atoms with Crippen LogP contribution in [-0.4, -0.2) is 74.4 Å². The van der Waals surface area contributed by atoms with E-state index in [0.717, 1.165) is 5.82 Å². The van der Waals surface area contributed by atoms with Crippen LogP contribution in [0.4, 0.5) is 11.8 Å². The zero-order chi connectivity index (χ0) is 19.4. The number of amides is 1. The molecule has 0 saturated carbocycles. The van der Waals surface area contributed by atoms with Gasteiger partial charge in [0.25, 0.3) is 5.91 Å². The number of carbonyl (C=O) groups is 1. The molecule has 0 unspecified atom stereocenters. The first kappa shape index (κ1) is 18.8. The van der Waals surface area contributed by atoms with E-state index in [1.165, 1.54) is 7.11 Å². The summed E-state index contributed by atoms with van der Waals surface area (Å²) in [5, 5.41) is 3.04. The van der Waals surface area contributed by atoms with Crippen molar-refractivity contribution in [2.75, 3.05) is 51.2 Å². The number of hydrogen-bond acceptors (Lipinski definition) is 8. The normalized spacial score (nSPS) is 19.0. The minimum atomic E-state index is -0.193. The number of anilines is 2. The van der Waals surface area contributed by atoms with Crippen LogP contribution in [0, 0.1) is 0 Å². The molecule has 27 heavy (non-hydrogen) atoms. The Morgan fingerprint density at radius 3 is 2.70 bits per heavy atom. The Hall–Kier alpha value is -2.94. The number of carbonyl (C=O) groups excluding carboxylic acids is 1. The highest BCUT2D eigenvalue weighted by atomic mass is 16.5. The van der Waals surface area contributed by atoms with Gasteiger partial charge in [-0.2, -0.15) is 4.98 Å². The molecule has 9 nitrogen and oxygen atoms in total. The van der Waals surface area contributed by atoms with Gasteiger partial charge < -0.3 is 24.6 Å². The van der Waals surface area contributed by atoms with Gasteiger partial charge in [-0.15, -0.1) is 0 Å². The van der Waals surface area contributed by atoms with Crippen LogP contribution >= 0.6 is 0 Å². The van der Waals surface area contributed by atoms with E-state index in [0.29, 0.717) is 30.5 Å². The van der Waals surface area contributed by atoms with Crippen molar-refractivity contribution < 1.29 is 14.3 Å². The maximum absolute atomic E-state index is 12.6. The molecule has 0 radical (unpaired) electrons. The van der Waals surface area contributed by atoms with E-state index in [1.54, 1.807) is 31.6 Å². The summed E-state index contributed by atoms with van der Waals surface area (Å²) in [4.78, 5) is 29.4. The fraction of sp³-hybridized carbons (Fsp3) is 0.444. The van der Waals surface area contributed by atoms with Crippen LogP contribution in [0.3, 0.4) is 0 Å². The quantitative estimate of drug-likeness (QED) is 0.787. The highest BCUT2D eigenvalue weighted by Crippen LogP contribution is 2.22. The van der Waals surface area contributed by atoms with Crippen molar-refractivity contribution in [2.45, 2.75) is 12.1 Å². The molecule has 2 aromatic rings. The first-order valence-electron chi connectivity index (χ1n) is 8.61. The van der Waals surface area contributed by atoms with Gasteiger partial charge in [0.05, 0.1) is 19.3 Å². The third-order valence-corrected chi connectivity index (χ3v) is 4.44. The molecule has 3 rings (SSSR count). The van der Waals surface area contributed by atoms with Gasteiger partial charge in [0.1, 0.15) is 5.82 Å². The fourth-order valence-corrected chi connectivity index (χ4v) is 2.98. The number of hydrogen-bond donors (Lipinski definition) is 1. The number of nitrogens with zero attached hydrogens (tertiary/aromatic N) is 5. The standard InChI is InChI=1S/C18H24N6O3/c1-23(2)18-20-8-6-15(22-18)24-10-13(14(11-24)26-3)21-17(25)12-5-7-19-16(9-12)27-4/h5-9,13-14H,10-11H2,1-4H3,(H,21,25)/t13-,14+/m0/s1. The van der Waals surface area contributed by atoms with Crippen molar-refractivity contribution >= 4 is 17.7 Å². The van der Waals surface area contributed by atoms with Gasteiger partial charge in [0.2, 0.25) is 11.8 Å². The average Bonchev–Trinajstić information content (AvgIpc) is 3.11. The summed E-state index contributed by atoms with van der Waals surface area (Å²) in [6, 6.07) is 4.95. The second-order valence-electron chi connectivity index (χ2n) is 6.46. The van der Waals surface area contributed by atoms with Gasteiger partial charge in [-0.1, -0.05) is 0 Å². The van der Waals surface area contributed by atoms with Crippen LogP contribution < -0.4 is 19.9 Å². The summed E-state index contributed by atoms with van der Waals surface area (Å²) in [5.41, 5.74) is 0.493. The lowest BCUT2D eigenvalue weighted by Gasteiger charge is -2.19. The molecule has 144 valence electrons. The van der Waals surface area contributed by atoms with E-state index >= 15 is 0 Å². The minimum absolute atomic E-state index is 0.143. The third-order valence-electron chi connectivity index (χ3n) is 4.44. The summed E-state index contributed by atoms with van der Waals surface area (Å²) < 4.78 is 10.7. The van der Waals surface area contributed by atoms with E-state index in [9.17, 15) is 4.79 Å². The molecule has 2 atom stereocenters. The van der Waals surface area contributed by atoms with Crippen molar-refractivity contribution in [2.24, 2.45) is 0 Å². The van der Waals surface area contributed by atoms with E-state index in [-0.39, 0.29) is 18.1 Å². The largest absolute Gasteiger partial charge is 0.481 e. The predicted molar refractivity (Wildman–Crippen MR) is 101 cm³/mol. The Morgan fingerprint density at radius 1 is 1.22 bits per heavy atom. The smallest absolute Gasteiger partial charge is 0.251 e. The molecule has 1 fully saturated rings. The van der Waals surface area contributed by atoms with Gasteiger partial charge in [0.15, 0.2) is 0 Å². The fourth-order valence-electron chi connectivity index (χ4n) is 2.98. The molecule has 0 spiro atoms. The molecule has 1 aliphatic heterocycles. The van der Waals surface area contributed by atoms with E-state index < -0.39 is 0 Å². The zero-order valence-corrected chi connectivity index (χ0v) is 15.9. The average molecular weight is 372 g/mol. The summed E-state index contributed by atoms with van der Waals surface area (Å²) >= 11 is 0. The summed E-state index contributed by atoms with van der Waals surface area (Å²) in [6.45, 7) is 1.22. The molecule has 1 N–H and O–H groups in total. The van der Waals surface area contributed by atoms with Crippen LogP contribution in [-0.2, 0) is 4.74 Å². The third kappa shape index (κ3) is 4.25. The molecule has 0 bridgehead atoms. The number of nitrogens with one attached hydrogen (secondary N) is 1. The van der Waals surface area contributed by atoms with Crippen molar-refractivity contribution in [1.29, 1.82) is 0 Å². The SMILES string of the molecule is COc1cc(C(=O)N[C@H]2CN(c3ccnc(N(C)C)n3)C[C@H]2OC)ccn1. The highest BCUT2D eigenvalue weighted by molar-refractivity contribution is 5.94. The Kier molecular flexibility index (Phi) is 5.70. The molecule has 3 heterocycles. The maximum atomic E-state index is 12.6. The van der Waals surface area contributed by atoms with Crippen LogP contribution in [0.5, 0.6) is 5.88 Å². The Balaban J connectivity index is 1.72. The Labute approximate surface area is 158 Å². The summed E-state index contributed by atoms with van der Waals surface area (Å²) in [5.74, 6) is 1.65. The molecule has 2 aromatic heterocycles. The maximum Gasteiger partial charge on any atom is 0.251 e. The summed E-state index contributed by atoms with van der Waals surface area (Å²) in [7, 11) is 6.96. The lowest BCUT2D eigenvalue weighted by atomic mass is 10.2. The Morgan fingerprint density at radius 2 is 2.00 bits per heavy atom. The molecule has 1 saturated heterocycles. The van der Waals surface area contributed by atoms with Crippen molar-refractivity contribution in [3.63, 3.8) is 0 Å². The second-order valence-corrected chi connectivity index (χ2v) is 6.46. The molecule has 0 aromatic carbocycles. The highest BCUT2D eigenvalue weighted by Gasteiger charge is 2.35. The number of ether oxygens (including phenoxy) is 2. The monoisotopic (exact) mass is 372 g/mol. The zero-order valence-electron chi connectivity index (χ0n) is 15.9. The molecule has 1 aliphatic rings. The second kappa shape index (κ2) is 8.17. The molecule has 1 amide bonds. The van der Waals surface area contributed by atoms with E-state index in [1.807, 2.05) is 25.1 Å². The van der Waals surface area contributed by atoms with E-state index in [4.69, 9.17) is 9.47 Å². The number of rotatable bonds is 6. The molecule has 9 heteroatoms. The van der Waals surface area contributed by atoms with Gasteiger partial charge >= 0.3 is 0 Å². The molecule has 0 aliphatic carbocycles. The molecular weight excluding hydrogens is 348 g/mol. The van der Waals surface area contributed by atoms with Crippen LogP contribution in [0.1, 0.15) is 10.4 Å². The van der Waals surface area contributed by atoms with Crippen molar-refractivity contribution in [3.8, 4) is 5.88 Å². The van der Waals surface area contributed by atoms with Gasteiger partial charge in [0, 0.05) is 58.3 Å². The van der Waals surface area contributed by atoms with Crippen LogP contribution in [0.15, 0.2) is 30.6 Å². The van der Waals surface area contributed by atoms with Crippen molar-refractivity contribution in [1.82, 2.24) is 20.3 Å². The first-order valence-corrected chi connectivity index (χ1v) is 8.61. The van der Waals surface area contributed by atoms with Crippen LogP contribution in [0.2, 0.25) is 0 Å². The van der Waals surface area contributed by atoms with Gasteiger partial charge in [-0.05, 0) is 12.1 Å². The first-order chi connectivity index (χ1) is 13.0. The number of aromatic nitrogens is 3. The predicted octanol–water partition coefficient (Wildman–Crippen LogP) is 0.580. The number of pyridine rings is 1. The number of methoxy groups -OCH3 is 2.